The predicted octanol–water partition coefficient (Wildman–Crippen LogP) is 2.47. The number of carbonyl (C=O) groups is 1. The highest BCUT2D eigenvalue weighted by atomic mass is 16.5. The van der Waals surface area contributed by atoms with E-state index in [1.807, 2.05) is 0 Å². The van der Waals surface area contributed by atoms with Gasteiger partial charge in [0.1, 0.15) is 6.10 Å². The molecule has 4 aliphatic rings. The molecule has 1 unspecified atom stereocenters. The molecule has 24 heavy (non-hydrogen) atoms. The van der Waals surface area contributed by atoms with Gasteiger partial charge in [0.25, 0.3) is 0 Å². The Morgan fingerprint density at radius 3 is 2.54 bits per heavy atom. The van der Waals surface area contributed by atoms with Crippen molar-refractivity contribution in [3.63, 3.8) is 0 Å². The third-order valence-corrected chi connectivity index (χ3v) is 7.72. The van der Waals surface area contributed by atoms with Crippen LogP contribution < -0.4 is 0 Å². The molecule has 0 amide bonds. The van der Waals surface area contributed by atoms with Gasteiger partial charge in [0.2, 0.25) is 0 Å². The monoisotopic (exact) mass is 334 g/mol. The lowest BCUT2D eigenvalue weighted by molar-refractivity contribution is -0.132. The van der Waals surface area contributed by atoms with Crippen LogP contribution in [0.5, 0.6) is 0 Å². The first kappa shape index (κ1) is 16.7. The fourth-order valence-electron chi connectivity index (χ4n) is 6.56. The zero-order valence-corrected chi connectivity index (χ0v) is 15.2. The lowest BCUT2D eigenvalue weighted by Gasteiger charge is -2.39. The lowest BCUT2D eigenvalue weighted by atomic mass is 9.66. The summed E-state index contributed by atoms with van der Waals surface area (Å²) < 4.78 is 6.15. The zero-order valence-electron chi connectivity index (χ0n) is 15.2. The van der Waals surface area contributed by atoms with Gasteiger partial charge in [0.15, 0.2) is 5.78 Å². The molecule has 4 heteroatoms. The van der Waals surface area contributed by atoms with Crippen LogP contribution in [-0.4, -0.2) is 40.9 Å². The average molecular weight is 334 g/mol. The van der Waals surface area contributed by atoms with E-state index >= 15 is 0 Å². The topological polar surface area (TPSA) is 66.8 Å². The van der Waals surface area contributed by atoms with E-state index in [1.165, 1.54) is 5.57 Å². The van der Waals surface area contributed by atoms with Crippen molar-refractivity contribution in [1.29, 1.82) is 0 Å². The number of hydrogen-bond donors (Lipinski definition) is 2. The number of fused-ring (bicyclic) bond motifs is 2. The molecular weight excluding hydrogens is 304 g/mol. The van der Waals surface area contributed by atoms with Crippen molar-refractivity contribution < 1.29 is 19.7 Å². The minimum absolute atomic E-state index is 0.0167. The van der Waals surface area contributed by atoms with Gasteiger partial charge in [-0.15, -0.1) is 0 Å². The van der Waals surface area contributed by atoms with Gasteiger partial charge in [-0.1, -0.05) is 27.7 Å². The molecule has 0 aromatic heterocycles. The number of Topliss-reactive ketones (excluding diaryl/α,β-unsaturated/α-hetero) is 1. The van der Waals surface area contributed by atoms with Gasteiger partial charge < -0.3 is 14.9 Å². The van der Waals surface area contributed by atoms with Crippen LogP contribution in [-0.2, 0) is 9.53 Å². The quantitative estimate of drug-likeness (QED) is 0.723. The molecule has 0 aromatic rings. The van der Waals surface area contributed by atoms with Crippen molar-refractivity contribution in [3.8, 4) is 0 Å². The first-order chi connectivity index (χ1) is 11.2. The van der Waals surface area contributed by atoms with Crippen molar-refractivity contribution in [3.05, 3.63) is 11.1 Å². The normalized spacial score (nSPS) is 51.0. The predicted molar refractivity (Wildman–Crippen MR) is 90.3 cm³/mol. The van der Waals surface area contributed by atoms with Crippen LogP contribution in [0.25, 0.3) is 0 Å². The van der Waals surface area contributed by atoms with Crippen LogP contribution in [0.2, 0.25) is 0 Å². The van der Waals surface area contributed by atoms with E-state index in [0.29, 0.717) is 6.61 Å². The molecule has 2 N–H and O–H groups in total. The van der Waals surface area contributed by atoms with E-state index < -0.39 is 12.2 Å². The average Bonchev–Trinajstić information content (AvgIpc) is 2.99. The summed E-state index contributed by atoms with van der Waals surface area (Å²) >= 11 is 0. The molecule has 0 aromatic carbocycles. The Morgan fingerprint density at radius 1 is 1.17 bits per heavy atom. The number of carbonyl (C=O) groups excluding carboxylic acids is 1. The molecule has 1 aliphatic heterocycles. The summed E-state index contributed by atoms with van der Waals surface area (Å²) in [5.41, 5.74) is 2.01. The third kappa shape index (κ3) is 1.94. The van der Waals surface area contributed by atoms with Crippen LogP contribution in [0.1, 0.15) is 53.4 Å². The van der Waals surface area contributed by atoms with Crippen LogP contribution in [0.15, 0.2) is 11.1 Å². The van der Waals surface area contributed by atoms with Crippen LogP contribution in [0.3, 0.4) is 0 Å². The number of ether oxygens (including phenoxy) is 1. The second kappa shape index (κ2) is 5.15. The summed E-state index contributed by atoms with van der Waals surface area (Å²) in [4.78, 5) is 13.0. The second-order valence-corrected chi connectivity index (χ2v) is 9.39. The SMILES string of the molecule is CC(C)[C@H]1[C@@H](O)C(=O)C2[C@H]3OCC4=C3[C@@](C)(CC[C@@H]4O)CC[C@@]21C. The summed E-state index contributed by atoms with van der Waals surface area (Å²) in [6.07, 6.45) is 2.13. The molecule has 0 radical (unpaired) electrons. The van der Waals surface area contributed by atoms with Crippen molar-refractivity contribution in [2.24, 2.45) is 28.6 Å². The Balaban J connectivity index is 1.86. The maximum absolute atomic E-state index is 13.0. The van der Waals surface area contributed by atoms with E-state index in [-0.39, 0.29) is 40.5 Å². The van der Waals surface area contributed by atoms with Crippen molar-refractivity contribution in [2.45, 2.75) is 71.7 Å². The van der Waals surface area contributed by atoms with E-state index in [9.17, 15) is 15.0 Å². The van der Waals surface area contributed by atoms with Crippen LogP contribution >= 0.6 is 0 Å². The highest BCUT2D eigenvalue weighted by molar-refractivity contribution is 5.90. The van der Waals surface area contributed by atoms with Gasteiger partial charge in [0.05, 0.1) is 24.7 Å². The molecule has 1 heterocycles. The number of ketones is 1. The van der Waals surface area contributed by atoms with Gasteiger partial charge in [-0.25, -0.2) is 0 Å². The summed E-state index contributed by atoms with van der Waals surface area (Å²) in [7, 11) is 0. The van der Waals surface area contributed by atoms with Crippen molar-refractivity contribution in [2.75, 3.05) is 6.61 Å². The molecule has 4 nitrogen and oxygen atoms in total. The van der Waals surface area contributed by atoms with E-state index in [2.05, 4.69) is 27.7 Å². The number of rotatable bonds is 1. The maximum Gasteiger partial charge on any atom is 0.168 e. The first-order valence-corrected chi connectivity index (χ1v) is 9.45. The Hall–Kier alpha value is -0.710. The minimum Gasteiger partial charge on any atom is -0.389 e. The zero-order chi connectivity index (χ0) is 17.4. The second-order valence-electron chi connectivity index (χ2n) is 9.39. The number of aliphatic hydroxyl groups is 2. The highest BCUT2D eigenvalue weighted by Gasteiger charge is 2.65. The minimum atomic E-state index is -0.883. The Kier molecular flexibility index (Phi) is 3.59. The Bertz CT molecular complexity index is 609. The fourth-order valence-corrected chi connectivity index (χ4v) is 6.56. The number of hydrogen-bond acceptors (Lipinski definition) is 4. The van der Waals surface area contributed by atoms with E-state index in [4.69, 9.17) is 4.74 Å². The van der Waals surface area contributed by atoms with Gasteiger partial charge in [-0.3, -0.25) is 4.79 Å². The third-order valence-electron chi connectivity index (χ3n) is 7.72. The van der Waals surface area contributed by atoms with Crippen LogP contribution in [0, 0.1) is 28.6 Å². The number of aliphatic hydroxyl groups excluding tert-OH is 2. The van der Waals surface area contributed by atoms with E-state index in [0.717, 1.165) is 31.3 Å². The molecule has 7 atom stereocenters. The molecule has 2 fully saturated rings. The maximum atomic E-state index is 13.0. The van der Waals surface area contributed by atoms with Gasteiger partial charge in [0, 0.05) is 5.92 Å². The van der Waals surface area contributed by atoms with Gasteiger partial charge in [-0.2, -0.15) is 0 Å². The molecule has 4 rings (SSSR count). The standard InChI is InChI=1S/C20H30O4/c1-10(2)13-16(22)17(23)15-18-14-11(9-24-18)12(21)5-6-19(14,3)7-8-20(13,15)4/h10,12-13,15-16,18,21-22H,5-9H2,1-4H3/t12-,13-,15?,16+,18-,19-,20+/m0/s1. The van der Waals surface area contributed by atoms with Gasteiger partial charge in [-0.05, 0) is 53.6 Å². The molecule has 0 saturated heterocycles. The molecule has 3 aliphatic carbocycles. The first-order valence-electron chi connectivity index (χ1n) is 9.45. The molecular formula is C20H30O4. The molecule has 0 bridgehead atoms. The van der Waals surface area contributed by atoms with Crippen LogP contribution in [0.4, 0.5) is 0 Å². The molecule has 2 saturated carbocycles. The Morgan fingerprint density at radius 2 is 1.88 bits per heavy atom. The summed E-state index contributed by atoms with van der Waals surface area (Å²) in [6, 6.07) is 0. The Labute approximate surface area is 144 Å². The molecule has 134 valence electrons. The molecule has 0 spiro atoms. The largest absolute Gasteiger partial charge is 0.389 e. The fraction of sp³-hybridized carbons (Fsp3) is 0.850. The van der Waals surface area contributed by atoms with Crippen molar-refractivity contribution >= 4 is 5.78 Å². The highest BCUT2D eigenvalue weighted by Crippen LogP contribution is 2.63. The summed E-state index contributed by atoms with van der Waals surface area (Å²) in [6.45, 7) is 9.14. The summed E-state index contributed by atoms with van der Waals surface area (Å²) in [5, 5.41) is 21.1. The van der Waals surface area contributed by atoms with E-state index in [1.54, 1.807) is 0 Å². The summed E-state index contributed by atoms with van der Waals surface area (Å²) in [5.74, 6) is -0.0805. The smallest absolute Gasteiger partial charge is 0.168 e. The van der Waals surface area contributed by atoms with Crippen molar-refractivity contribution in [1.82, 2.24) is 0 Å². The van der Waals surface area contributed by atoms with Gasteiger partial charge >= 0.3 is 0 Å². The lowest BCUT2D eigenvalue weighted by Crippen LogP contribution is -2.40.